The zero-order valence-corrected chi connectivity index (χ0v) is 21.7. The van der Waals surface area contributed by atoms with Crippen LogP contribution < -0.4 is 5.36 Å². The topological polar surface area (TPSA) is 134 Å². The van der Waals surface area contributed by atoms with Crippen molar-refractivity contribution < 1.29 is 25.9 Å². The summed E-state index contributed by atoms with van der Waals surface area (Å²) in [6.07, 6.45) is 2.01. The third-order valence-corrected chi connectivity index (χ3v) is 8.69. The smallest absolute Gasteiger partial charge is 0.282 e. The standard InChI is InChI=1S/C24H24N2O6S3/c1-4-24(2,3)14-15-5-9-21-19(11-15)26-18-8-6-16(12-22(18)33-21)25-20-13-17(34(27,28)29)7-10-23(20)35(30,31)32/h5-13H,4,14H2,1-3H3,(H,27,28,29)(H,30,31,32). The molecule has 0 aromatic heterocycles. The fourth-order valence-corrected chi connectivity index (χ4v) is 5.71. The highest BCUT2D eigenvalue weighted by Crippen LogP contribution is 2.33. The summed E-state index contributed by atoms with van der Waals surface area (Å²) in [5.74, 6) is 0. The fourth-order valence-electron chi connectivity index (χ4n) is 3.62. The van der Waals surface area contributed by atoms with E-state index in [1.807, 2.05) is 6.07 Å². The Morgan fingerprint density at radius 3 is 2.34 bits per heavy atom. The minimum absolute atomic E-state index is 0.192. The van der Waals surface area contributed by atoms with Gasteiger partial charge in [0.2, 0.25) is 0 Å². The maximum absolute atomic E-state index is 11.8. The molecule has 0 atom stereocenters. The minimum atomic E-state index is -4.69. The van der Waals surface area contributed by atoms with Crippen LogP contribution in [0.4, 0.5) is 5.69 Å². The van der Waals surface area contributed by atoms with Gasteiger partial charge >= 0.3 is 0 Å². The van der Waals surface area contributed by atoms with Gasteiger partial charge in [0.15, 0.2) is 0 Å². The zero-order valence-electron chi connectivity index (χ0n) is 19.3. The van der Waals surface area contributed by atoms with Crippen LogP contribution in [0.3, 0.4) is 0 Å². The number of hydrogen-bond acceptors (Lipinski definition) is 7. The molecular weight excluding hydrogens is 508 g/mol. The van der Waals surface area contributed by atoms with Gasteiger partial charge in [-0.3, -0.25) is 9.11 Å². The minimum Gasteiger partial charge on any atom is -0.282 e. The van der Waals surface area contributed by atoms with Gasteiger partial charge in [-0.15, -0.1) is 11.3 Å². The maximum atomic E-state index is 11.8. The van der Waals surface area contributed by atoms with Crippen molar-refractivity contribution in [3.05, 3.63) is 65.5 Å². The van der Waals surface area contributed by atoms with Crippen molar-refractivity contribution in [3.8, 4) is 10.6 Å². The molecule has 8 nitrogen and oxygen atoms in total. The van der Waals surface area contributed by atoms with E-state index in [9.17, 15) is 25.9 Å². The summed E-state index contributed by atoms with van der Waals surface area (Å²) in [4.78, 5) is 8.68. The predicted molar refractivity (Wildman–Crippen MR) is 135 cm³/mol. The molecule has 0 saturated carbocycles. The van der Waals surface area contributed by atoms with Crippen molar-refractivity contribution >= 4 is 47.5 Å². The molecule has 2 aromatic carbocycles. The quantitative estimate of drug-likeness (QED) is 0.260. The first-order valence-electron chi connectivity index (χ1n) is 10.7. The van der Waals surface area contributed by atoms with Gasteiger partial charge in [-0.25, -0.2) is 9.98 Å². The monoisotopic (exact) mass is 532 g/mol. The Labute approximate surface area is 207 Å². The molecule has 0 amide bonds. The van der Waals surface area contributed by atoms with E-state index in [0.717, 1.165) is 51.8 Å². The number of nitrogens with zero attached hydrogens (tertiary/aromatic N) is 2. The molecule has 11 heteroatoms. The Bertz CT molecular complexity index is 1690. The molecule has 184 valence electrons. The van der Waals surface area contributed by atoms with Crippen LogP contribution in [0.15, 0.2) is 69.4 Å². The average Bonchev–Trinajstić information content (AvgIpc) is 2.76. The summed E-state index contributed by atoms with van der Waals surface area (Å²) >= 11 is 1.50. The largest absolute Gasteiger partial charge is 0.296 e. The van der Waals surface area contributed by atoms with E-state index < -0.39 is 30.0 Å². The lowest BCUT2D eigenvalue weighted by molar-refractivity contribution is 0.349. The Kier molecular flexibility index (Phi) is 6.58. The molecule has 1 aliphatic carbocycles. The van der Waals surface area contributed by atoms with Crippen LogP contribution in [0, 0.1) is 5.41 Å². The summed E-state index contributed by atoms with van der Waals surface area (Å²) in [5, 5.41) is 0.327. The van der Waals surface area contributed by atoms with Crippen molar-refractivity contribution in [3.63, 3.8) is 0 Å². The molecule has 0 spiro atoms. The average molecular weight is 533 g/mol. The SMILES string of the molecule is CCC(C)(C)Cc1ccc2sc3cc(=Nc4cc(S(=O)(=O)O)ccc4S(=O)(=O)O)ccc-3nc2c1. The van der Waals surface area contributed by atoms with Crippen molar-refractivity contribution in [2.45, 2.75) is 43.4 Å². The highest BCUT2D eigenvalue weighted by Gasteiger charge is 2.20. The van der Waals surface area contributed by atoms with Crippen LogP contribution in [-0.2, 0) is 26.7 Å². The third-order valence-electron chi connectivity index (χ3n) is 5.82. The number of hydrogen-bond donors (Lipinski definition) is 2. The number of benzene rings is 3. The molecule has 2 aliphatic rings. The van der Waals surface area contributed by atoms with Crippen molar-refractivity contribution in [1.29, 1.82) is 0 Å². The first-order valence-corrected chi connectivity index (χ1v) is 14.4. The molecule has 2 aromatic rings. The molecule has 4 rings (SSSR count). The molecule has 1 aliphatic heterocycles. The number of rotatable bonds is 6. The molecular formula is C24H24N2O6S3. The van der Waals surface area contributed by atoms with E-state index in [4.69, 9.17) is 4.98 Å². The molecule has 0 fully saturated rings. The van der Waals surface area contributed by atoms with E-state index in [0.29, 0.717) is 5.36 Å². The van der Waals surface area contributed by atoms with E-state index in [1.165, 1.54) is 16.9 Å². The lowest BCUT2D eigenvalue weighted by atomic mass is 9.83. The van der Waals surface area contributed by atoms with Gasteiger partial charge < -0.3 is 0 Å². The molecule has 0 unspecified atom stereocenters. The normalized spacial score (nSPS) is 13.6. The summed E-state index contributed by atoms with van der Waals surface area (Å²) in [5.41, 5.74) is 2.70. The summed E-state index contributed by atoms with van der Waals surface area (Å²) in [7, 11) is -9.29. The van der Waals surface area contributed by atoms with Gasteiger partial charge in [0, 0.05) is 0 Å². The van der Waals surface area contributed by atoms with E-state index >= 15 is 0 Å². The Morgan fingerprint density at radius 2 is 1.69 bits per heavy atom. The van der Waals surface area contributed by atoms with Crippen LogP contribution >= 0.6 is 11.3 Å². The van der Waals surface area contributed by atoms with Gasteiger partial charge in [0.1, 0.15) is 4.90 Å². The van der Waals surface area contributed by atoms with Gasteiger partial charge in [-0.1, -0.05) is 33.3 Å². The first kappa shape index (κ1) is 25.4. The highest BCUT2D eigenvalue weighted by atomic mass is 32.2. The highest BCUT2D eigenvalue weighted by molar-refractivity contribution is 7.86. The second-order valence-electron chi connectivity index (χ2n) is 9.05. The maximum Gasteiger partial charge on any atom is 0.296 e. The van der Waals surface area contributed by atoms with Crippen LogP contribution in [0.2, 0.25) is 0 Å². The van der Waals surface area contributed by atoms with Crippen LogP contribution in [0.5, 0.6) is 0 Å². The molecule has 1 heterocycles. The molecule has 0 radical (unpaired) electrons. The van der Waals surface area contributed by atoms with Crippen LogP contribution in [-0.4, -0.2) is 30.9 Å². The van der Waals surface area contributed by atoms with Crippen LogP contribution in [0.1, 0.15) is 32.8 Å². The van der Waals surface area contributed by atoms with Gasteiger partial charge in [-0.05, 0) is 65.9 Å². The molecule has 35 heavy (non-hydrogen) atoms. The molecule has 2 N–H and O–H groups in total. The first-order chi connectivity index (χ1) is 16.2. The van der Waals surface area contributed by atoms with Crippen molar-refractivity contribution in [1.82, 2.24) is 4.98 Å². The fraction of sp³-hybridized carbons (Fsp3) is 0.250. The molecule has 0 bridgehead atoms. The lowest BCUT2D eigenvalue weighted by Gasteiger charge is -2.22. The predicted octanol–water partition coefficient (Wildman–Crippen LogP) is 5.11. The molecule has 0 saturated heterocycles. The van der Waals surface area contributed by atoms with E-state index in [2.05, 4.69) is 37.9 Å². The second-order valence-corrected chi connectivity index (χ2v) is 12.9. The second kappa shape index (κ2) is 9.07. The van der Waals surface area contributed by atoms with E-state index in [-0.39, 0.29) is 11.1 Å². The lowest BCUT2D eigenvalue weighted by Crippen LogP contribution is -2.13. The van der Waals surface area contributed by atoms with Gasteiger partial charge in [0.25, 0.3) is 20.2 Å². The third kappa shape index (κ3) is 5.76. The Morgan fingerprint density at radius 1 is 0.943 bits per heavy atom. The van der Waals surface area contributed by atoms with E-state index in [1.54, 1.807) is 18.2 Å². The number of fused-ring (bicyclic) bond motifs is 2. The van der Waals surface area contributed by atoms with Crippen molar-refractivity contribution in [2.75, 3.05) is 0 Å². The van der Waals surface area contributed by atoms with Gasteiger partial charge in [0.05, 0.1) is 36.7 Å². The summed E-state index contributed by atoms with van der Waals surface area (Å²) in [6.45, 7) is 6.64. The Balaban J connectivity index is 1.84. The summed E-state index contributed by atoms with van der Waals surface area (Å²) < 4.78 is 66.4. The van der Waals surface area contributed by atoms with Crippen LogP contribution in [0.25, 0.3) is 20.8 Å². The summed E-state index contributed by atoms with van der Waals surface area (Å²) in [6, 6.07) is 13.9. The Hall–Kier alpha value is -2.70. The van der Waals surface area contributed by atoms with Gasteiger partial charge in [-0.2, -0.15) is 16.8 Å². The van der Waals surface area contributed by atoms with Crippen molar-refractivity contribution in [2.24, 2.45) is 10.4 Å². The number of aromatic nitrogens is 1. The zero-order chi connectivity index (χ0) is 25.6.